The van der Waals surface area contributed by atoms with Crippen molar-refractivity contribution >= 4 is 20.9 Å². The summed E-state index contributed by atoms with van der Waals surface area (Å²) in [7, 11) is -3.41. The largest absolute Gasteiger partial charge is 0.358 e. The molecule has 0 spiro atoms. The summed E-state index contributed by atoms with van der Waals surface area (Å²) in [5, 5.41) is 1.21. The molecule has 2 aromatic carbocycles. The zero-order chi connectivity index (χ0) is 15.9. The van der Waals surface area contributed by atoms with E-state index < -0.39 is 10.0 Å². The van der Waals surface area contributed by atoms with Gasteiger partial charge in [-0.3, -0.25) is 0 Å². The summed E-state index contributed by atoms with van der Waals surface area (Å²) in [5.41, 5.74) is 3.56. The minimum Gasteiger partial charge on any atom is -0.358 e. The molecule has 5 heteroatoms. The van der Waals surface area contributed by atoms with Crippen LogP contribution in [0, 0.1) is 0 Å². The van der Waals surface area contributed by atoms with Crippen LogP contribution in [0.5, 0.6) is 0 Å². The molecule has 0 unspecified atom stereocenters. The van der Waals surface area contributed by atoms with Crippen LogP contribution in [0.2, 0.25) is 0 Å². The van der Waals surface area contributed by atoms with Crippen molar-refractivity contribution in [2.75, 3.05) is 13.1 Å². The highest BCUT2D eigenvalue weighted by Gasteiger charge is 2.27. The summed E-state index contributed by atoms with van der Waals surface area (Å²) in [4.78, 5) is 3.82. The Hall–Kier alpha value is -2.11. The number of aromatic amines is 1. The molecule has 0 radical (unpaired) electrons. The molecule has 0 fully saturated rings. The van der Waals surface area contributed by atoms with E-state index in [0.717, 1.165) is 24.1 Å². The predicted octanol–water partition coefficient (Wildman–Crippen LogP) is 2.96. The highest BCUT2D eigenvalue weighted by Crippen LogP contribution is 2.27. The van der Waals surface area contributed by atoms with Crippen LogP contribution in [0.25, 0.3) is 10.9 Å². The molecule has 2 heterocycles. The van der Waals surface area contributed by atoms with Crippen molar-refractivity contribution in [2.45, 2.75) is 17.7 Å². The fourth-order valence-electron chi connectivity index (χ4n) is 3.32. The van der Waals surface area contributed by atoms with Crippen molar-refractivity contribution in [3.05, 3.63) is 65.9 Å². The van der Waals surface area contributed by atoms with Gasteiger partial charge in [0.2, 0.25) is 10.0 Å². The number of nitrogens with one attached hydrogen (secondary N) is 1. The fourth-order valence-corrected chi connectivity index (χ4v) is 4.78. The molecule has 3 aromatic rings. The van der Waals surface area contributed by atoms with Gasteiger partial charge in [-0.2, -0.15) is 4.31 Å². The van der Waals surface area contributed by atoms with Crippen molar-refractivity contribution in [3.8, 4) is 0 Å². The molecular formula is C18H18N2O2S. The first-order chi connectivity index (χ1) is 11.2. The molecule has 1 aliphatic rings. The first-order valence-electron chi connectivity index (χ1n) is 7.80. The van der Waals surface area contributed by atoms with E-state index in [1.54, 1.807) is 28.6 Å². The van der Waals surface area contributed by atoms with E-state index in [1.807, 2.05) is 18.2 Å². The summed E-state index contributed by atoms with van der Waals surface area (Å²) >= 11 is 0. The van der Waals surface area contributed by atoms with Gasteiger partial charge in [0.15, 0.2) is 0 Å². The minimum atomic E-state index is -3.41. The zero-order valence-corrected chi connectivity index (χ0v) is 13.5. The maximum atomic E-state index is 12.8. The van der Waals surface area contributed by atoms with Crippen LogP contribution in [0.1, 0.15) is 11.3 Å². The van der Waals surface area contributed by atoms with Crippen molar-refractivity contribution in [2.24, 2.45) is 0 Å². The maximum Gasteiger partial charge on any atom is 0.243 e. The van der Waals surface area contributed by atoms with Crippen molar-refractivity contribution < 1.29 is 8.42 Å². The first kappa shape index (κ1) is 14.5. The number of hydrogen-bond acceptors (Lipinski definition) is 2. The second-order valence-corrected chi connectivity index (χ2v) is 7.78. The number of nitrogens with zero attached hydrogens (tertiary/aromatic N) is 1. The molecule has 1 aliphatic heterocycles. The number of rotatable bonds is 2. The SMILES string of the molecule is O=S(=O)(c1ccccc1)N1CCc2[nH]c3ccccc3c2CC1. The summed E-state index contributed by atoms with van der Waals surface area (Å²) in [6, 6.07) is 16.9. The lowest BCUT2D eigenvalue weighted by atomic mass is 10.1. The third-order valence-corrected chi connectivity index (χ3v) is 6.42. The first-order valence-corrected chi connectivity index (χ1v) is 9.24. The van der Waals surface area contributed by atoms with Crippen LogP contribution >= 0.6 is 0 Å². The monoisotopic (exact) mass is 326 g/mol. The number of para-hydroxylation sites is 1. The van der Waals surface area contributed by atoms with E-state index in [0.29, 0.717) is 18.0 Å². The Labute approximate surface area is 135 Å². The van der Waals surface area contributed by atoms with Crippen LogP contribution < -0.4 is 0 Å². The molecule has 0 saturated carbocycles. The van der Waals surface area contributed by atoms with Crippen LogP contribution in [-0.4, -0.2) is 30.8 Å². The Bertz CT molecular complexity index is 946. The van der Waals surface area contributed by atoms with Gasteiger partial charge >= 0.3 is 0 Å². The lowest BCUT2D eigenvalue weighted by Crippen LogP contribution is -2.33. The van der Waals surface area contributed by atoms with Gasteiger partial charge in [0.05, 0.1) is 4.90 Å². The summed E-state index contributed by atoms with van der Waals surface area (Å²) in [6.07, 6.45) is 1.46. The van der Waals surface area contributed by atoms with Gasteiger partial charge in [0.1, 0.15) is 0 Å². The highest BCUT2D eigenvalue weighted by molar-refractivity contribution is 7.89. The van der Waals surface area contributed by atoms with Crippen molar-refractivity contribution in [3.63, 3.8) is 0 Å². The second kappa shape index (κ2) is 5.51. The third kappa shape index (κ3) is 2.46. The van der Waals surface area contributed by atoms with Gasteiger partial charge in [0.25, 0.3) is 0 Å². The quantitative estimate of drug-likeness (QED) is 0.787. The van der Waals surface area contributed by atoms with Gasteiger partial charge in [0, 0.05) is 36.1 Å². The molecule has 0 saturated heterocycles. The van der Waals surface area contributed by atoms with Gasteiger partial charge < -0.3 is 4.98 Å². The summed E-state index contributed by atoms with van der Waals surface area (Å²) in [5.74, 6) is 0. The van der Waals surface area contributed by atoms with Crippen molar-refractivity contribution in [1.29, 1.82) is 0 Å². The van der Waals surface area contributed by atoms with Crippen molar-refractivity contribution in [1.82, 2.24) is 9.29 Å². The molecule has 1 N–H and O–H groups in total. The predicted molar refractivity (Wildman–Crippen MR) is 90.9 cm³/mol. The molecular weight excluding hydrogens is 308 g/mol. The molecule has 0 bridgehead atoms. The molecule has 118 valence electrons. The molecule has 23 heavy (non-hydrogen) atoms. The molecule has 4 nitrogen and oxygen atoms in total. The normalized spacial score (nSPS) is 16.2. The molecule has 1 aromatic heterocycles. The van der Waals surface area contributed by atoms with Crippen LogP contribution in [0.3, 0.4) is 0 Å². The van der Waals surface area contributed by atoms with Gasteiger partial charge in [-0.25, -0.2) is 8.42 Å². The Morgan fingerprint density at radius 1 is 0.870 bits per heavy atom. The number of aromatic nitrogens is 1. The van der Waals surface area contributed by atoms with E-state index in [4.69, 9.17) is 0 Å². The third-order valence-electron chi connectivity index (χ3n) is 4.51. The van der Waals surface area contributed by atoms with E-state index in [9.17, 15) is 8.42 Å². The zero-order valence-electron chi connectivity index (χ0n) is 12.7. The van der Waals surface area contributed by atoms with Crippen LogP contribution in [-0.2, 0) is 22.9 Å². The number of fused-ring (bicyclic) bond motifs is 3. The molecule has 0 amide bonds. The van der Waals surface area contributed by atoms with Crippen LogP contribution in [0.15, 0.2) is 59.5 Å². The number of H-pyrrole nitrogens is 1. The minimum absolute atomic E-state index is 0.371. The van der Waals surface area contributed by atoms with Crippen LogP contribution in [0.4, 0.5) is 0 Å². The maximum absolute atomic E-state index is 12.8. The fraction of sp³-hybridized carbons (Fsp3) is 0.222. The van der Waals surface area contributed by atoms with Gasteiger partial charge in [-0.15, -0.1) is 0 Å². The smallest absolute Gasteiger partial charge is 0.243 e. The average Bonchev–Trinajstić information content (AvgIpc) is 2.79. The second-order valence-electron chi connectivity index (χ2n) is 5.84. The Balaban J connectivity index is 1.66. The molecule has 0 aliphatic carbocycles. The lowest BCUT2D eigenvalue weighted by Gasteiger charge is -2.19. The number of hydrogen-bond donors (Lipinski definition) is 1. The number of benzene rings is 2. The molecule has 4 rings (SSSR count). The average molecular weight is 326 g/mol. The Morgan fingerprint density at radius 2 is 1.57 bits per heavy atom. The van der Waals surface area contributed by atoms with E-state index in [1.165, 1.54) is 10.9 Å². The van der Waals surface area contributed by atoms with E-state index in [-0.39, 0.29) is 0 Å². The topological polar surface area (TPSA) is 53.2 Å². The van der Waals surface area contributed by atoms with Gasteiger partial charge in [-0.05, 0) is 30.2 Å². The standard InChI is InChI=1S/C18H18N2O2S/c21-23(22,14-6-2-1-3-7-14)20-12-10-16-15-8-4-5-9-17(15)19-18(16)11-13-20/h1-9,19H,10-13H2. The summed E-state index contributed by atoms with van der Waals surface area (Å²) < 4.78 is 27.2. The van der Waals surface area contributed by atoms with E-state index in [2.05, 4.69) is 17.1 Å². The molecule has 0 atom stereocenters. The summed E-state index contributed by atoms with van der Waals surface area (Å²) in [6.45, 7) is 1.03. The van der Waals surface area contributed by atoms with E-state index >= 15 is 0 Å². The van der Waals surface area contributed by atoms with Gasteiger partial charge in [-0.1, -0.05) is 36.4 Å². The Kier molecular flexibility index (Phi) is 3.47. The lowest BCUT2D eigenvalue weighted by molar-refractivity contribution is 0.426. The highest BCUT2D eigenvalue weighted by atomic mass is 32.2. The Morgan fingerprint density at radius 3 is 2.39 bits per heavy atom. The number of sulfonamides is 1.